The molecule has 0 aliphatic carbocycles. The number of hydrogen-bond donors (Lipinski definition) is 2. The number of nitrogens with two attached hydrogens (primary N) is 1. The van der Waals surface area contributed by atoms with Crippen molar-refractivity contribution in [3.8, 4) is 5.75 Å². The van der Waals surface area contributed by atoms with Crippen molar-refractivity contribution in [1.29, 1.82) is 0 Å². The summed E-state index contributed by atoms with van der Waals surface area (Å²) in [5.74, 6) is 0.741. The van der Waals surface area contributed by atoms with E-state index in [0.717, 1.165) is 16.3 Å². The molecule has 0 radical (unpaired) electrons. The highest BCUT2D eigenvalue weighted by molar-refractivity contribution is 7.12. The Labute approximate surface area is 122 Å². The van der Waals surface area contributed by atoms with Gasteiger partial charge in [0.25, 0.3) is 0 Å². The minimum Gasteiger partial charge on any atom is -0.492 e. The molecular formula is C15H18N2O2S. The predicted octanol–water partition coefficient (Wildman–Crippen LogP) is 2.58. The third kappa shape index (κ3) is 4.36. The van der Waals surface area contributed by atoms with Gasteiger partial charge in [-0.2, -0.15) is 0 Å². The summed E-state index contributed by atoms with van der Waals surface area (Å²) in [5, 5.41) is 2.87. The van der Waals surface area contributed by atoms with Crippen molar-refractivity contribution in [1.82, 2.24) is 0 Å². The number of amides is 1. The minimum atomic E-state index is -0.0116. The summed E-state index contributed by atoms with van der Waals surface area (Å²) in [4.78, 5) is 14.2. The fraction of sp³-hybridized carbons (Fsp3) is 0.267. The highest BCUT2D eigenvalue weighted by atomic mass is 32.1. The maximum atomic E-state index is 11.9. The lowest BCUT2D eigenvalue weighted by molar-refractivity contribution is -0.115. The maximum Gasteiger partial charge on any atom is 0.229 e. The van der Waals surface area contributed by atoms with Gasteiger partial charge in [0.05, 0.1) is 6.42 Å². The highest BCUT2D eigenvalue weighted by Crippen LogP contribution is 2.18. The Morgan fingerprint density at radius 1 is 1.25 bits per heavy atom. The van der Waals surface area contributed by atoms with E-state index in [9.17, 15) is 4.79 Å². The third-order valence-corrected chi connectivity index (χ3v) is 3.66. The first-order chi connectivity index (χ1) is 9.67. The highest BCUT2D eigenvalue weighted by Gasteiger charge is 2.06. The van der Waals surface area contributed by atoms with E-state index in [4.69, 9.17) is 10.5 Å². The monoisotopic (exact) mass is 290 g/mol. The van der Waals surface area contributed by atoms with Crippen LogP contribution in [0.5, 0.6) is 5.75 Å². The summed E-state index contributed by atoms with van der Waals surface area (Å²) >= 11 is 1.65. The Morgan fingerprint density at radius 3 is 2.60 bits per heavy atom. The van der Waals surface area contributed by atoms with Crippen LogP contribution in [0.4, 0.5) is 5.69 Å². The van der Waals surface area contributed by atoms with Gasteiger partial charge in [0.15, 0.2) is 0 Å². The molecule has 1 aromatic heterocycles. The number of carbonyl (C=O) groups excluding carboxylic acids is 1. The van der Waals surface area contributed by atoms with Crippen LogP contribution < -0.4 is 15.8 Å². The number of benzene rings is 1. The standard InChI is InChI=1S/C15H18N2O2S/c1-11-2-7-14(20-11)10-15(18)17-12-3-5-13(6-4-12)19-9-8-16/h2-7H,8-10,16H2,1H3,(H,17,18). The number of thiophene rings is 1. The summed E-state index contributed by atoms with van der Waals surface area (Å²) in [5.41, 5.74) is 6.13. The van der Waals surface area contributed by atoms with Crippen LogP contribution in [0.15, 0.2) is 36.4 Å². The predicted molar refractivity (Wildman–Crippen MR) is 82.4 cm³/mol. The molecule has 0 bridgehead atoms. The Hall–Kier alpha value is -1.85. The largest absolute Gasteiger partial charge is 0.492 e. The zero-order chi connectivity index (χ0) is 14.4. The maximum absolute atomic E-state index is 11.9. The average molecular weight is 290 g/mol. The van der Waals surface area contributed by atoms with Crippen molar-refractivity contribution < 1.29 is 9.53 Å². The van der Waals surface area contributed by atoms with E-state index >= 15 is 0 Å². The van der Waals surface area contributed by atoms with Crippen LogP contribution in [-0.4, -0.2) is 19.1 Å². The summed E-state index contributed by atoms with van der Waals surface area (Å²) in [7, 11) is 0. The van der Waals surface area contributed by atoms with Crippen LogP contribution in [0.3, 0.4) is 0 Å². The number of rotatable bonds is 6. The molecule has 2 aromatic rings. The summed E-state index contributed by atoms with van der Waals surface area (Å²) in [6.45, 7) is 3.01. The second-order valence-electron chi connectivity index (χ2n) is 4.40. The lowest BCUT2D eigenvalue weighted by Crippen LogP contribution is -2.13. The Bertz CT molecular complexity index is 564. The van der Waals surface area contributed by atoms with Gasteiger partial charge >= 0.3 is 0 Å². The molecule has 1 heterocycles. The quantitative estimate of drug-likeness (QED) is 0.859. The smallest absolute Gasteiger partial charge is 0.229 e. The number of ether oxygens (including phenoxy) is 1. The SMILES string of the molecule is Cc1ccc(CC(=O)Nc2ccc(OCCN)cc2)s1. The molecular weight excluding hydrogens is 272 g/mol. The summed E-state index contributed by atoms with van der Waals surface area (Å²) in [6, 6.07) is 11.3. The van der Waals surface area contributed by atoms with E-state index in [0.29, 0.717) is 19.6 Å². The van der Waals surface area contributed by atoms with Gasteiger partial charge < -0.3 is 15.8 Å². The Kier molecular flexibility index (Phi) is 5.15. The van der Waals surface area contributed by atoms with Crippen molar-refractivity contribution >= 4 is 22.9 Å². The van der Waals surface area contributed by atoms with Crippen LogP contribution >= 0.6 is 11.3 Å². The molecule has 106 valence electrons. The number of nitrogens with one attached hydrogen (secondary N) is 1. The van der Waals surface area contributed by atoms with Gasteiger partial charge in [-0.15, -0.1) is 11.3 Å². The molecule has 0 aliphatic heterocycles. The fourth-order valence-electron chi connectivity index (χ4n) is 1.75. The van der Waals surface area contributed by atoms with E-state index in [2.05, 4.69) is 5.32 Å². The van der Waals surface area contributed by atoms with Gasteiger partial charge in [-0.05, 0) is 43.3 Å². The molecule has 0 fully saturated rings. The van der Waals surface area contributed by atoms with Crippen LogP contribution in [0.2, 0.25) is 0 Å². The van der Waals surface area contributed by atoms with Gasteiger partial charge in [-0.1, -0.05) is 0 Å². The first kappa shape index (κ1) is 14.6. The normalized spacial score (nSPS) is 10.3. The van der Waals surface area contributed by atoms with Crippen LogP contribution in [-0.2, 0) is 11.2 Å². The van der Waals surface area contributed by atoms with E-state index in [1.807, 2.05) is 43.3 Å². The van der Waals surface area contributed by atoms with Crippen molar-refractivity contribution in [2.24, 2.45) is 5.73 Å². The fourth-order valence-corrected chi connectivity index (χ4v) is 2.64. The van der Waals surface area contributed by atoms with Gasteiger partial charge in [0, 0.05) is 22.0 Å². The number of anilines is 1. The Balaban J connectivity index is 1.87. The van der Waals surface area contributed by atoms with E-state index in [1.54, 1.807) is 11.3 Å². The first-order valence-electron chi connectivity index (χ1n) is 6.45. The van der Waals surface area contributed by atoms with Gasteiger partial charge in [0.1, 0.15) is 12.4 Å². The summed E-state index contributed by atoms with van der Waals surface area (Å²) in [6.07, 6.45) is 0.407. The van der Waals surface area contributed by atoms with Crippen LogP contribution in [0.1, 0.15) is 9.75 Å². The second kappa shape index (κ2) is 7.07. The molecule has 0 atom stereocenters. The molecule has 1 amide bonds. The lowest BCUT2D eigenvalue weighted by Gasteiger charge is -2.07. The molecule has 4 nitrogen and oxygen atoms in total. The number of aryl methyl sites for hydroxylation is 1. The molecule has 20 heavy (non-hydrogen) atoms. The van der Waals surface area contributed by atoms with Crippen molar-refractivity contribution in [3.05, 3.63) is 46.2 Å². The van der Waals surface area contributed by atoms with Gasteiger partial charge in [-0.25, -0.2) is 0 Å². The van der Waals surface area contributed by atoms with Gasteiger partial charge in [0.2, 0.25) is 5.91 Å². The zero-order valence-corrected chi connectivity index (χ0v) is 12.2. The molecule has 5 heteroatoms. The third-order valence-electron chi connectivity index (χ3n) is 2.66. The minimum absolute atomic E-state index is 0.0116. The average Bonchev–Trinajstić information content (AvgIpc) is 2.83. The molecule has 1 aromatic carbocycles. The van der Waals surface area contributed by atoms with E-state index in [1.165, 1.54) is 4.88 Å². The van der Waals surface area contributed by atoms with Crippen molar-refractivity contribution in [2.75, 3.05) is 18.5 Å². The molecule has 0 saturated heterocycles. The lowest BCUT2D eigenvalue weighted by atomic mass is 10.2. The van der Waals surface area contributed by atoms with Gasteiger partial charge in [-0.3, -0.25) is 4.79 Å². The Morgan fingerprint density at radius 2 is 2.00 bits per heavy atom. The summed E-state index contributed by atoms with van der Waals surface area (Å²) < 4.78 is 5.38. The van der Waals surface area contributed by atoms with Crippen LogP contribution in [0.25, 0.3) is 0 Å². The number of carbonyl (C=O) groups is 1. The number of hydrogen-bond acceptors (Lipinski definition) is 4. The molecule has 0 spiro atoms. The molecule has 2 rings (SSSR count). The zero-order valence-electron chi connectivity index (χ0n) is 11.4. The van der Waals surface area contributed by atoms with Crippen molar-refractivity contribution in [3.63, 3.8) is 0 Å². The molecule has 0 saturated carbocycles. The van der Waals surface area contributed by atoms with Crippen molar-refractivity contribution in [2.45, 2.75) is 13.3 Å². The van der Waals surface area contributed by atoms with E-state index < -0.39 is 0 Å². The molecule has 0 aliphatic rings. The van der Waals surface area contributed by atoms with Crippen LogP contribution in [0, 0.1) is 6.92 Å². The molecule has 3 N–H and O–H groups in total. The van der Waals surface area contributed by atoms with E-state index in [-0.39, 0.29) is 5.91 Å². The first-order valence-corrected chi connectivity index (χ1v) is 7.27. The molecule has 0 unspecified atom stereocenters. The second-order valence-corrected chi connectivity index (χ2v) is 5.77. The topological polar surface area (TPSA) is 64.3 Å².